The third kappa shape index (κ3) is 9.00. The molecule has 0 aliphatic rings. The molecule has 11 heteroatoms. The molecule has 0 saturated carbocycles. The molecule has 0 aliphatic heterocycles. The molecule has 3 aromatic carbocycles. The van der Waals surface area contributed by atoms with Crippen molar-refractivity contribution >= 4 is 35.1 Å². The van der Waals surface area contributed by atoms with Gasteiger partial charge in [-0.2, -0.15) is 0 Å². The van der Waals surface area contributed by atoms with Gasteiger partial charge < -0.3 is 24.9 Å². The molecule has 3 aromatic rings. The van der Waals surface area contributed by atoms with Crippen LogP contribution in [0.25, 0.3) is 0 Å². The van der Waals surface area contributed by atoms with Crippen LogP contribution in [-0.4, -0.2) is 35.9 Å². The normalized spacial score (nSPS) is 10.3. The van der Waals surface area contributed by atoms with Crippen LogP contribution in [0.15, 0.2) is 66.7 Å². The first-order valence-electron chi connectivity index (χ1n) is 10.4. The van der Waals surface area contributed by atoms with Crippen molar-refractivity contribution in [2.24, 2.45) is 0 Å². The fraction of sp³-hybridized carbons (Fsp3) is 0.160. The van der Waals surface area contributed by atoms with Gasteiger partial charge in [0, 0.05) is 29.4 Å². The average Bonchev–Trinajstić information content (AvgIpc) is 2.82. The second-order valence-corrected chi connectivity index (χ2v) is 7.96. The van der Waals surface area contributed by atoms with E-state index in [0.29, 0.717) is 11.1 Å². The van der Waals surface area contributed by atoms with Crippen LogP contribution in [0.2, 0.25) is 5.02 Å². The number of carboxylic acids is 1. The van der Waals surface area contributed by atoms with Crippen LogP contribution in [-0.2, 0) is 27.4 Å². The van der Waals surface area contributed by atoms with Gasteiger partial charge in [0.05, 0.1) is 5.97 Å². The Morgan fingerprint density at radius 2 is 1.39 bits per heavy atom. The summed E-state index contributed by atoms with van der Waals surface area (Å²) in [5, 5.41) is 13.8. The van der Waals surface area contributed by atoms with Gasteiger partial charge >= 0.3 is 29.6 Å². The van der Waals surface area contributed by atoms with E-state index in [9.17, 15) is 28.3 Å². The van der Waals surface area contributed by atoms with Gasteiger partial charge in [-0.3, -0.25) is 9.59 Å². The smallest absolute Gasteiger partial charge is 0.545 e. The second-order valence-electron chi connectivity index (χ2n) is 7.52. The van der Waals surface area contributed by atoms with Crippen LogP contribution in [0.4, 0.5) is 14.5 Å². The third-order valence-corrected chi connectivity index (χ3v) is 5.10. The van der Waals surface area contributed by atoms with Gasteiger partial charge in [0.2, 0.25) is 11.8 Å². The first-order valence-corrected chi connectivity index (χ1v) is 10.7. The predicted molar refractivity (Wildman–Crippen MR) is 122 cm³/mol. The SMILES string of the molecule is O=C(COCC(=O)N(Cc1ccc(F)cc1)Cc1ccc(F)cc1)Nc1ccc(Cl)cc1C(=O)[O-].[Na+]. The Morgan fingerprint density at radius 3 is 1.89 bits per heavy atom. The van der Waals surface area contributed by atoms with Crippen molar-refractivity contribution in [3.63, 3.8) is 0 Å². The summed E-state index contributed by atoms with van der Waals surface area (Å²) in [6.07, 6.45) is 0. The summed E-state index contributed by atoms with van der Waals surface area (Å²) in [7, 11) is 0. The number of carbonyl (C=O) groups excluding carboxylic acids is 3. The quantitative estimate of drug-likeness (QED) is 0.381. The Morgan fingerprint density at radius 1 is 0.861 bits per heavy atom. The fourth-order valence-corrected chi connectivity index (χ4v) is 3.33. The van der Waals surface area contributed by atoms with Crippen LogP contribution < -0.4 is 40.0 Å². The minimum absolute atomic E-state index is 0. The molecule has 0 spiro atoms. The van der Waals surface area contributed by atoms with E-state index >= 15 is 0 Å². The largest absolute Gasteiger partial charge is 1.00 e. The molecule has 0 radical (unpaired) electrons. The van der Waals surface area contributed by atoms with Crippen molar-refractivity contribution in [3.05, 3.63) is 100 Å². The summed E-state index contributed by atoms with van der Waals surface area (Å²) in [6.45, 7) is -0.719. The van der Waals surface area contributed by atoms with Crippen molar-refractivity contribution in [3.8, 4) is 0 Å². The van der Waals surface area contributed by atoms with Crippen molar-refractivity contribution in [1.29, 1.82) is 0 Å². The number of nitrogens with zero attached hydrogens (tertiary/aromatic N) is 1. The van der Waals surface area contributed by atoms with E-state index in [-0.39, 0.29) is 58.9 Å². The van der Waals surface area contributed by atoms with Crippen molar-refractivity contribution in [2.45, 2.75) is 13.1 Å². The van der Waals surface area contributed by atoms with Crippen molar-refractivity contribution in [2.75, 3.05) is 18.5 Å². The van der Waals surface area contributed by atoms with Gasteiger partial charge in [0.15, 0.2) is 0 Å². The first-order chi connectivity index (χ1) is 16.7. The number of aromatic carboxylic acids is 1. The van der Waals surface area contributed by atoms with Gasteiger partial charge in [0.1, 0.15) is 24.8 Å². The van der Waals surface area contributed by atoms with Gasteiger partial charge in [-0.1, -0.05) is 35.9 Å². The molecule has 182 valence electrons. The number of halogens is 3. The van der Waals surface area contributed by atoms with Gasteiger partial charge in [0.25, 0.3) is 0 Å². The van der Waals surface area contributed by atoms with Gasteiger partial charge in [-0.15, -0.1) is 0 Å². The van der Waals surface area contributed by atoms with Crippen molar-refractivity contribution < 1.29 is 62.6 Å². The summed E-state index contributed by atoms with van der Waals surface area (Å²) < 4.78 is 31.7. The summed E-state index contributed by atoms with van der Waals surface area (Å²) in [5.74, 6) is -3.50. The molecule has 2 amide bonds. The maximum atomic E-state index is 13.2. The number of hydrogen-bond acceptors (Lipinski definition) is 5. The molecule has 0 aliphatic carbocycles. The van der Waals surface area contributed by atoms with E-state index in [2.05, 4.69) is 5.32 Å². The maximum Gasteiger partial charge on any atom is 1.00 e. The second kappa shape index (κ2) is 14.1. The Balaban J connectivity index is 0.00000456. The van der Waals surface area contributed by atoms with Crippen molar-refractivity contribution in [1.82, 2.24) is 4.90 Å². The minimum atomic E-state index is -1.52. The van der Waals surface area contributed by atoms with Crippen LogP contribution in [0, 0.1) is 11.6 Å². The number of hydrogen-bond donors (Lipinski definition) is 1. The van der Waals surface area contributed by atoms with Crippen LogP contribution in [0.1, 0.15) is 21.5 Å². The Kier molecular flexibility index (Phi) is 11.5. The number of benzene rings is 3. The van der Waals surface area contributed by atoms with Crippen LogP contribution in [0.3, 0.4) is 0 Å². The van der Waals surface area contributed by atoms with Gasteiger partial charge in [-0.05, 0) is 53.6 Å². The summed E-state index contributed by atoms with van der Waals surface area (Å²) in [4.78, 5) is 37.7. The Bertz CT molecular complexity index is 1160. The van der Waals surface area contributed by atoms with Crippen LogP contribution in [0.5, 0.6) is 0 Å². The zero-order valence-electron chi connectivity index (χ0n) is 19.3. The topological polar surface area (TPSA) is 98.8 Å². The molecular weight excluding hydrogens is 505 g/mol. The zero-order valence-corrected chi connectivity index (χ0v) is 22.1. The monoisotopic (exact) mass is 524 g/mol. The Hall–Kier alpha value is -2.82. The number of anilines is 1. The minimum Gasteiger partial charge on any atom is -0.545 e. The molecule has 0 unspecified atom stereocenters. The zero-order chi connectivity index (χ0) is 25.4. The molecule has 0 saturated heterocycles. The number of nitrogens with one attached hydrogen (secondary N) is 1. The van der Waals surface area contributed by atoms with E-state index in [0.717, 1.165) is 6.07 Å². The molecule has 0 heterocycles. The number of amides is 2. The summed E-state index contributed by atoms with van der Waals surface area (Å²) in [5.41, 5.74) is 1.00. The average molecular weight is 525 g/mol. The molecule has 1 N–H and O–H groups in total. The molecule has 0 bridgehead atoms. The standard InChI is InChI=1S/C25H21ClF2N2O5.Na/c26-18-5-10-22(21(11-18)25(33)34)29-23(31)14-35-15-24(32)30(12-16-1-6-19(27)7-2-16)13-17-3-8-20(28)9-4-17;/h1-11H,12-15H2,(H,29,31)(H,33,34);/q;+1/p-1. The molecule has 36 heavy (non-hydrogen) atoms. The van der Waals surface area contributed by atoms with E-state index in [4.69, 9.17) is 16.3 Å². The molecule has 7 nitrogen and oxygen atoms in total. The van der Waals surface area contributed by atoms with E-state index in [1.807, 2.05) is 0 Å². The van der Waals surface area contributed by atoms with E-state index in [1.165, 1.54) is 65.6 Å². The fourth-order valence-electron chi connectivity index (χ4n) is 3.16. The molecule has 0 atom stereocenters. The first kappa shape index (κ1) is 29.4. The van der Waals surface area contributed by atoms with Gasteiger partial charge in [-0.25, -0.2) is 8.78 Å². The van der Waals surface area contributed by atoms with Crippen LogP contribution >= 0.6 is 11.6 Å². The third-order valence-electron chi connectivity index (χ3n) is 4.86. The predicted octanol–water partition coefficient (Wildman–Crippen LogP) is 0.170. The number of rotatable bonds is 10. The van der Waals surface area contributed by atoms with E-state index < -0.39 is 42.6 Å². The maximum absolute atomic E-state index is 13.2. The molecule has 0 aromatic heterocycles. The molecule has 0 fully saturated rings. The summed E-state index contributed by atoms with van der Waals surface area (Å²) >= 11 is 5.77. The number of carbonyl (C=O) groups is 3. The molecular formula is C25H20ClF2N2NaO5. The van der Waals surface area contributed by atoms with E-state index in [1.54, 1.807) is 0 Å². The number of carboxylic acid groups (broad SMARTS) is 1. The summed E-state index contributed by atoms with van der Waals surface area (Å²) in [6, 6.07) is 15.1. The molecule has 3 rings (SSSR count). The Labute approximate surface area is 233 Å². The number of ether oxygens (including phenoxy) is 1.